The minimum atomic E-state index is -0.518. The minimum Gasteiger partial charge on any atom is -0.488 e. The zero-order chi connectivity index (χ0) is 25.7. The number of nitriles is 1. The highest BCUT2D eigenvalue weighted by Gasteiger charge is 2.23. The molecule has 11 nitrogen and oxygen atoms in total. The van der Waals surface area contributed by atoms with Gasteiger partial charge in [0.25, 0.3) is 11.2 Å². The number of rotatable bonds is 9. The Morgan fingerprint density at radius 1 is 1.28 bits per heavy atom. The van der Waals surface area contributed by atoms with Gasteiger partial charge in [-0.05, 0) is 18.2 Å². The minimum absolute atomic E-state index is 0.00684. The fraction of sp³-hybridized carbons (Fsp3) is 0.240. The number of benzene rings is 2. The molecule has 0 atom stereocenters. The molecule has 0 saturated heterocycles. The molecule has 0 bridgehead atoms. The van der Waals surface area contributed by atoms with Gasteiger partial charge in [0.15, 0.2) is 12.6 Å². The van der Waals surface area contributed by atoms with Gasteiger partial charge in [-0.3, -0.25) is 19.7 Å². The molecule has 184 valence electrons. The Morgan fingerprint density at radius 2 is 2.08 bits per heavy atom. The first-order valence-corrected chi connectivity index (χ1v) is 10.8. The second kappa shape index (κ2) is 10.8. The van der Waals surface area contributed by atoms with Crippen LogP contribution in [0.3, 0.4) is 0 Å². The number of nitro groups is 1. The number of fused-ring (bicyclic) bond motifs is 1. The number of ketones is 1. The van der Waals surface area contributed by atoms with E-state index in [1.165, 1.54) is 36.1 Å². The molecule has 2 heterocycles. The molecule has 0 saturated carbocycles. The number of ether oxygens (including phenoxy) is 4. The lowest BCUT2D eigenvalue weighted by Crippen LogP contribution is -2.25. The molecule has 1 aliphatic rings. The van der Waals surface area contributed by atoms with Gasteiger partial charge in [0.2, 0.25) is 0 Å². The van der Waals surface area contributed by atoms with Crippen molar-refractivity contribution in [3.8, 4) is 17.6 Å². The molecule has 1 aromatic heterocycles. The fourth-order valence-electron chi connectivity index (χ4n) is 3.78. The molecular formula is C25H21N3O8. The van der Waals surface area contributed by atoms with Crippen LogP contribution in [0.2, 0.25) is 0 Å². The van der Waals surface area contributed by atoms with Gasteiger partial charge in [0, 0.05) is 48.7 Å². The monoisotopic (exact) mass is 491 g/mol. The van der Waals surface area contributed by atoms with Crippen LogP contribution < -0.4 is 15.0 Å². The second-order valence-corrected chi connectivity index (χ2v) is 7.82. The van der Waals surface area contributed by atoms with E-state index < -0.39 is 16.3 Å². The first-order valence-electron chi connectivity index (χ1n) is 10.8. The number of nitro benzene ring substituents is 1. The number of para-hydroxylation sites is 1. The highest BCUT2D eigenvalue weighted by molar-refractivity contribution is 6.10. The van der Waals surface area contributed by atoms with Crippen LogP contribution in [0.15, 0.2) is 53.5 Å². The number of methoxy groups -OCH3 is 1. The lowest BCUT2D eigenvalue weighted by Gasteiger charge is -2.21. The highest BCUT2D eigenvalue weighted by atomic mass is 16.7. The van der Waals surface area contributed by atoms with Crippen LogP contribution in [0.25, 0.3) is 0 Å². The molecular weight excluding hydrogens is 470 g/mol. The average Bonchev–Trinajstić information content (AvgIpc) is 2.90. The number of carbonyl (C=O) groups excluding carboxylic acids is 1. The number of carbonyl (C=O) groups is 1. The van der Waals surface area contributed by atoms with Gasteiger partial charge in [-0.25, -0.2) is 0 Å². The molecule has 0 radical (unpaired) electrons. The topological polar surface area (TPSA) is 143 Å². The van der Waals surface area contributed by atoms with E-state index in [9.17, 15) is 25.0 Å². The van der Waals surface area contributed by atoms with Crippen molar-refractivity contribution in [1.82, 2.24) is 4.57 Å². The summed E-state index contributed by atoms with van der Waals surface area (Å²) in [5.74, 6) is 0.210. The van der Waals surface area contributed by atoms with Crippen LogP contribution in [0, 0.1) is 21.4 Å². The Balaban J connectivity index is 1.66. The molecule has 0 N–H and O–H groups in total. The maximum Gasteiger partial charge on any atom is 0.270 e. The quantitative estimate of drug-likeness (QED) is 0.251. The van der Waals surface area contributed by atoms with Crippen molar-refractivity contribution in [2.75, 3.05) is 20.5 Å². The molecule has 0 fully saturated rings. The standard InChI is InChI=1S/C25H21N3O8/c1-33-7-6-27-12-17(8-16(11-26)25(27)30)23(29)21-4-2-3-5-22(21)35-14-19-10-20(28(31)32)9-18-13-34-15-36-24(18)19/h2-5,8-10,12H,6-7,13-15H2,1H3. The van der Waals surface area contributed by atoms with Gasteiger partial charge in [-0.1, -0.05) is 12.1 Å². The van der Waals surface area contributed by atoms with Crippen LogP contribution in [-0.4, -0.2) is 35.8 Å². The number of pyridine rings is 1. The summed E-state index contributed by atoms with van der Waals surface area (Å²) in [7, 11) is 1.48. The van der Waals surface area contributed by atoms with Crippen molar-refractivity contribution in [2.45, 2.75) is 19.8 Å². The lowest BCUT2D eigenvalue weighted by molar-refractivity contribution is -0.385. The third-order valence-corrected chi connectivity index (χ3v) is 5.50. The number of aromatic nitrogens is 1. The first kappa shape index (κ1) is 24.6. The number of hydrogen-bond acceptors (Lipinski definition) is 9. The molecule has 36 heavy (non-hydrogen) atoms. The molecule has 0 unspecified atom stereocenters. The summed E-state index contributed by atoms with van der Waals surface area (Å²) in [6.45, 7) is 0.463. The zero-order valence-electron chi connectivity index (χ0n) is 19.3. The Labute approximate surface area is 205 Å². The molecule has 1 aliphatic heterocycles. The van der Waals surface area contributed by atoms with Crippen molar-refractivity contribution >= 4 is 11.5 Å². The van der Waals surface area contributed by atoms with Crippen LogP contribution in [-0.2, 0) is 29.2 Å². The van der Waals surface area contributed by atoms with Gasteiger partial charge in [0.05, 0.1) is 23.7 Å². The van der Waals surface area contributed by atoms with Crippen molar-refractivity contribution in [3.05, 3.63) is 96.9 Å². The number of non-ortho nitro benzene ring substituents is 1. The number of hydrogen-bond donors (Lipinski definition) is 0. The summed E-state index contributed by atoms with van der Waals surface area (Å²) in [6.07, 6.45) is 1.38. The lowest BCUT2D eigenvalue weighted by atomic mass is 10.0. The average molecular weight is 491 g/mol. The Morgan fingerprint density at radius 3 is 2.83 bits per heavy atom. The van der Waals surface area contributed by atoms with E-state index >= 15 is 0 Å². The van der Waals surface area contributed by atoms with Crippen molar-refractivity contribution in [2.24, 2.45) is 0 Å². The third kappa shape index (κ3) is 5.10. The molecule has 0 aliphatic carbocycles. The summed E-state index contributed by atoms with van der Waals surface area (Å²) >= 11 is 0. The molecule has 3 aromatic rings. The van der Waals surface area contributed by atoms with E-state index in [0.717, 1.165) is 0 Å². The van der Waals surface area contributed by atoms with Crippen molar-refractivity contribution < 1.29 is 28.7 Å². The van der Waals surface area contributed by atoms with E-state index in [0.29, 0.717) is 16.9 Å². The predicted molar refractivity (Wildman–Crippen MR) is 125 cm³/mol. The normalized spacial score (nSPS) is 12.2. The molecule has 0 spiro atoms. The molecule has 2 aromatic carbocycles. The smallest absolute Gasteiger partial charge is 0.270 e. The van der Waals surface area contributed by atoms with E-state index in [4.69, 9.17) is 18.9 Å². The summed E-state index contributed by atoms with van der Waals surface area (Å²) < 4.78 is 23.0. The van der Waals surface area contributed by atoms with Gasteiger partial charge >= 0.3 is 0 Å². The second-order valence-electron chi connectivity index (χ2n) is 7.82. The van der Waals surface area contributed by atoms with Gasteiger partial charge in [0.1, 0.15) is 29.7 Å². The largest absolute Gasteiger partial charge is 0.488 e. The van der Waals surface area contributed by atoms with Crippen molar-refractivity contribution in [3.63, 3.8) is 0 Å². The Kier molecular flexibility index (Phi) is 7.39. The van der Waals surface area contributed by atoms with Gasteiger partial charge in [-0.15, -0.1) is 0 Å². The van der Waals surface area contributed by atoms with Crippen LogP contribution in [0.5, 0.6) is 11.5 Å². The van der Waals surface area contributed by atoms with Crippen LogP contribution in [0.1, 0.15) is 32.6 Å². The fourth-order valence-corrected chi connectivity index (χ4v) is 3.78. The Hall–Kier alpha value is -4.53. The number of nitrogens with zero attached hydrogens (tertiary/aromatic N) is 3. The SMILES string of the molecule is COCCn1cc(C(=O)c2ccccc2OCc2cc([N+](=O)[O-])cc3c2OCOC3)cc(C#N)c1=O. The summed E-state index contributed by atoms with van der Waals surface area (Å²) in [6, 6.07) is 12.3. The van der Waals surface area contributed by atoms with Gasteiger partial charge < -0.3 is 23.5 Å². The summed E-state index contributed by atoms with van der Waals surface area (Å²) in [4.78, 5) is 36.7. The van der Waals surface area contributed by atoms with E-state index in [1.807, 2.05) is 6.07 Å². The van der Waals surface area contributed by atoms with E-state index in [1.54, 1.807) is 24.3 Å². The first-order chi connectivity index (χ1) is 17.4. The third-order valence-electron chi connectivity index (χ3n) is 5.50. The maximum atomic E-state index is 13.4. The van der Waals surface area contributed by atoms with E-state index in [2.05, 4.69) is 0 Å². The Bertz CT molecular complexity index is 1420. The zero-order valence-corrected chi connectivity index (χ0v) is 19.3. The van der Waals surface area contributed by atoms with Crippen molar-refractivity contribution in [1.29, 1.82) is 5.26 Å². The predicted octanol–water partition coefficient (Wildman–Crippen LogP) is 2.95. The maximum absolute atomic E-state index is 13.4. The highest BCUT2D eigenvalue weighted by Crippen LogP contribution is 2.34. The summed E-state index contributed by atoms with van der Waals surface area (Å²) in [5.41, 5.74) is 0.472. The van der Waals surface area contributed by atoms with Crippen LogP contribution >= 0.6 is 0 Å². The van der Waals surface area contributed by atoms with E-state index in [-0.39, 0.29) is 61.3 Å². The van der Waals surface area contributed by atoms with Crippen LogP contribution in [0.4, 0.5) is 5.69 Å². The molecule has 4 rings (SSSR count). The summed E-state index contributed by atoms with van der Waals surface area (Å²) in [5, 5.41) is 20.7. The molecule has 0 amide bonds. The molecule has 11 heteroatoms. The van der Waals surface area contributed by atoms with Gasteiger partial charge in [-0.2, -0.15) is 5.26 Å².